The van der Waals surface area contributed by atoms with Gasteiger partial charge in [-0.3, -0.25) is 4.79 Å². The molecule has 1 heterocycles. The standard InChI is InChI=1S/C23H17F3N.C15H28O2.Ir/c1-13-8-14(2)10-16(9-13)22-18-5-4-15-11-20(23(3,25)26)21(24)12-19(15)17(18)6-7-27-22;1-7-14(5,8-2)12(16)11-13(17)15(6,9-3)10-4;/h4-9,11-12H,1-3H3;11,16H,7-10H2,1-6H3;/q-1;;/b;12-11-;. The normalized spacial score (nSPS) is 12.5. The Morgan fingerprint density at radius 1 is 0.867 bits per heavy atom. The number of aliphatic hydroxyl groups excluding tert-OH is 1. The summed E-state index contributed by atoms with van der Waals surface area (Å²) < 4.78 is 41.7. The van der Waals surface area contributed by atoms with E-state index in [2.05, 4.69) is 11.1 Å². The topological polar surface area (TPSA) is 50.2 Å². The van der Waals surface area contributed by atoms with Gasteiger partial charge in [0.1, 0.15) is 11.6 Å². The van der Waals surface area contributed by atoms with Gasteiger partial charge >= 0.3 is 0 Å². The Labute approximate surface area is 279 Å². The molecule has 1 aromatic heterocycles. The van der Waals surface area contributed by atoms with Gasteiger partial charge in [-0.05, 0) is 71.1 Å². The van der Waals surface area contributed by atoms with Crippen molar-refractivity contribution in [1.82, 2.24) is 4.98 Å². The first-order chi connectivity index (χ1) is 20.5. The molecule has 1 radical (unpaired) electrons. The molecule has 0 spiro atoms. The molecule has 0 atom stereocenters. The number of carbonyl (C=O) groups is 1. The van der Waals surface area contributed by atoms with Crippen molar-refractivity contribution in [2.45, 2.75) is 93.9 Å². The number of ketones is 1. The molecule has 0 saturated heterocycles. The van der Waals surface area contributed by atoms with Gasteiger partial charge in [0.15, 0.2) is 5.78 Å². The van der Waals surface area contributed by atoms with Crippen LogP contribution in [0.4, 0.5) is 13.2 Å². The summed E-state index contributed by atoms with van der Waals surface area (Å²) in [6.07, 6.45) is 6.41. The minimum Gasteiger partial charge on any atom is -0.512 e. The van der Waals surface area contributed by atoms with Gasteiger partial charge in [0.2, 0.25) is 0 Å². The Bertz CT molecular complexity index is 1660. The molecule has 0 bridgehead atoms. The molecule has 0 unspecified atom stereocenters. The molecule has 0 saturated carbocycles. The molecule has 4 rings (SSSR count). The first-order valence-electron chi connectivity index (χ1n) is 15.4. The number of carbonyl (C=O) groups excluding carboxylic acids is 1. The van der Waals surface area contributed by atoms with Crippen molar-refractivity contribution in [2.75, 3.05) is 0 Å². The maximum atomic E-state index is 14.4. The Morgan fingerprint density at radius 2 is 1.47 bits per heavy atom. The van der Waals surface area contributed by atoms with Crippen LogP contribution in [0.2, 0.25) is 0 Å². The summed E-state index contributed by atoms with van der Waals surface area (Å²) in [4.78, 5) is 16.7. The van der Waals surface area contributed by atoms with Gasteiger partial charge in [-0.15, -0.1) is 34.9 Å². The molecule has 0 aliphatic rings. The van der Waals surface area contributed by atoms with Crippen LogP contribution >= 0.6 is 0 Å². The van der Waals surface area contributed by atoms with E-state index in [1.807, 2.05) is 73.6 Å². The Hall–Kier alpha value is -3.02. The monoisotopic (exact) mass is 797 g/mol. The van der Waals surface area contributed by atoms with Crippen LogP contribution in [-0.2, 0) is 30.8 Å². The van der Waals surface area contributed by atoms with Crippen molar-refractivity contribution < 1.29 is 43.2 Å². The third-order valence-corrected chi connectivity index (χ3v) is 9.33. The molecular formula is C38H45F3IrNO2-. The summed E-state index contributed by atoms with van der Waals surface area (Å²) in [6.45, 7) is 16.8. The number of benzene rings is 3. The number of nitrogens with zero attached hydrogens (tertiary/aromatic N) is 1. The van der Waals surface area contributed by atoms with E-state index < -0.39 is 17.3 Å². The zero-order valence-corrected chi connectivity index (χ0v) is 30.2. The second kappa shape index (κ2) is 15.0. The number of pyridine rings is 1. The van der Waals surface area contributed by atoms with Crippen molar-refractivity contribution in [3.05, 3.63) is 89.1 Å². The molecule has 4 aromatic rings. The molecule has 0 fully saturated rings. The molecule has 1 N–H and O–H groups in total. The number of aryl methyl sites for hydroxylation is 2. The molecule has 45 heavy (non-hydrogen) atoms. The van der Waals surface area contributed by atoms with Crippen molar-refractivity contribution >= 4 is 27.3 Å². The van der Waals surface area contributed by atoms with Crippen LogP contribution in [0, 0.1) is 36.6 Å². The summed E-state index contributed by atoms with van der Waals surface area (Å²) in [5.41, 5.74) is 2.51. The average molecular weight is 797 g/mol. The number of aromatic nitrogens is 1. The summed E-state index contributed by atoms with van der Waals surface area (Å²) in [5, 5.41) is 12.9. The van der Waals surface area contributed by atoms with Gasteiger partial charge in [-0.1, -0.05) is 67.5 Å². The van der Waals surface area contributed by atoms with Crippen LogP contribution in [0.25, 0.3) is 32.8 Å². The maximum Gasteiger partial charge on any atom is 0.273 e. The average Bonchev–Trinajstić information content (AvgIpc) is 2.98. The molecule has 3 aromatic carbocycles. The maximum absolute atomic E-state index is 14.4. The number of hydrogen-bond acceptors (Lipinski definition) is 3. The summed E-state index contributed by atoms with van der Waals surface area (Å²) in [6, 6.07) is 15.1. The fourth-order valence-electron chi connectivity index (χ4n) is 5.27. The molecule has 0 aliphatic heterocycles. The van der Waals surface area contributed by atoms with E-state index in [0.717, 1.165) is 58.8 Å². The SMILES string of the molecule is CCC(C)(CC)C(=O)/C=C(\O)C(C)(CC)CC.Cc1[c-]c(-c2nccc3c2ccc2cc(C(C)(F)F)c(F)cc23)cc(C)c1.[Ir]. The summed E-state index contributed by atoms with van der Waals surface area (Å²) >= 11 is 0. The fourth-order valence-corrected chi connectivity index (χ4v) is 5.27. The van der Waals surface area contributed by atoms with Gasteiger partial charge in [0.25, 0.3) is 5.92 Å². The van der Waals surface area contributed by atoms with E-state index in [9.17, 15) is 23.1 Å². The second-order valence-electron chi connectivity index (χ2n) is 12.4. The molecule has 0 amide bonds. The van der Waals surface area contributed by atoms with E-state index >= 15 is 0 Å². The van der Waals surface area contributed by atoms with Gasteiger partial charge in [-0.2, -0.15) is 0 Å². The minimum atomic E-state index is -3.23. The molecule has 7 heteroatoms. The quantitative estimate of drug-likeness (QED) is 0.0794. The summed E-state index contributed by atoms with van der Waals surface area (Å²) in [5.74, 6) is -3.85. The van der Waals surface area contributed by atoms with Gasteiger partial charge in [-0.25, -0.2) is 13.2 Å². The van der Waals surface area contributed by atoms with Gasteiger partial charge in [0, 0.05) is 50.1 Å². The largest absolute Gasteiger partial charge is 0.512 e. The Balaban J connectivity index is 0.000000343. The third-order valence-electron chi connectivity index (χ3n) is 9.33. The van der Waals surface area contributed by atoms with Crippen LogP contribution < -0.4 is 0 Å². The zero-order chi connectivity index (χ0) is 33.0. The Morgan fingerprint density at radius 3 is 2.00 bits per heavy atom. The number of aliphatic hydroxyl groups is 1. The van der Waals surface area contributed by atoms with Crippen molar-refractivity contribution in [2.24, 2.45) is 10.8 Å². The van der Waals surface area contributed by atoms with Crippen molar-refractivity contribution in [3.8, 4) is 11.3 Å². The molecule has 3 nitrogen and oxygen atoms in total. The van der Waals surface area contributed by atoms with E-state index in [1.54, 1.807) is 18.3 Å². The number of alkyl halides is 2. The number of halogens is 3. The van der Waals surface area contributed by atoms with E-state index in [0.29, 0.717) is 17.7 Å². The van der Waals surface area contributed by atoms with Crippen LogP contribution in [0.15, 0.2) is 60.5 Å². The molecule has 0 aliphatic carbocycles. The van der Waals surface area contributed by atoms with Gasteiger partial charge in [0.05, 0.1) is 5.56 Å². The first kappa shape index (κ1) is 38.2. The number of allylic oxidation sites excluding steroid dienone is 2. The number of hydrogen-bond donors (Lipinski definition) is 1. The predicted octanol–water partition coefficient (Wildman–Crippen LogP) is 11.4. The van der Waals surface area contributed by atoms with Crippen molar-refractivity contribution in [1.29, 1.82) is 0 Å². The van der Waals surface area contributed by atoms with Gasteiger partial charge < -0.3 is 10.1 Å². The van der Waals surface area contributed by atoms with E-state index in [-0.39, 0.29) is 42.5 Å². The van der Waals surface area contributed by atoms with Crippen LogP contribution in [-0.4, -0.2) is 15.9 Å². The summed E-state index contributed by atoms with van der Waals surface area (Å²) in [7, 11) is 0. The first-order valence-corrected chi connectivity index (χ1v) is 15.4. The van der Waals surface area contributed by atoms with E-state index in [1.165, 1.54) is 18.2 Å². The number of fused-ring (bicyclic) bond motifs is 3. The predicted molar refractivity (Wildman–Crippen MR) is 176 cm³/mol. The smallest absolute Gasteiger partial charge is 0.273 e. The Kier molecular flexibility index (Phi) is 12.8. The van der Waals surface area contributed by atoms with Crippen molar-refractivity contribution in [3.63, 3.8) is 0 Å². The fraction of sp³-hybridized carbons (Fsp3) is 0.421. The zero-order valence-electron chi connectivity index (χ0n) is 27.8. The van der Waals surface area contributed by atoms with Crippen LogP contribution in [0.5, 0.6) is 0 Å². The number of rotatable bonds is 9. The van der Waals surface area contributed by atoms with E-state index in [4.69, 9.17) is 0 Å². The minimum absolute atomic E-state index is 0. The molecular weight excluding hydrogens is 752 g/mol. The second-order valence-corrected chi connectivity index (χ2v) is 12.4. The molecule has 245 valence electrons. The van der Waals surface area contributed by atoms with Crippen LogP contribution in [0.1, 0.15) is 90.8 Å². The third kappa shape index (κ3) is 8.42. The van der Waals surface area contributed by atoms with Crippen LogP contribution in [0.3, 0.4) is 0 Å².